The van der Waals surface area contributed by atoms with Crippen LogP contribution in [0, 0.1) is 0 Å². The topological polar surface area (TPSA) is 68.6 Å². The van der Waals surface area contributed by atoms with Crippen LogP contribution in [0.5, 0.6) is 11.5 Å². The Labute approximate surface area is 152 Å². The van der Waals surface area contributed by atoms with Crippen molar-refractivity contribution in [1.29, 1.82) is 0 Å². The van der Waals surface area contributed by atoms with E-state index < -0.39 is 0 Å². The van der Waals surface area contributed by atoms with Crippen molar-refractivity contribution in [3.8, 4) is 11.5 Å². The highest BCUT2D eigenvalue weighted by molar-refractivity contribution is 5.43. The lowest BCUT2D eigenvalue weighted by atomic mass is 10.1. The number of hydrogen-bond acceptors (Lipinski definition) is 6. The van der Waals surface area contributed by atoms with Gasteiger partial charge in [0.1, 0.15) is 13.2 Å². The van der Waals surface area contributed by atoms with Gasteiger partial charge in [-0.15, -0.1) is 0 Å². The van der Waals surface area contributed by atoms with E-state index in [9.17, 15) is 4.79 Å². The van der Waals surface area contributed by atoms with Gasteiger partial charge in [0.2, 0.25) is 0 Å². The Morgan fingerprint density at radius 2 is 2.12 bits per heavy atom. The van der Waals surface area contributed by atoms with Crippen LogP contribution >= 0.6 is 0 Å². The molecule has 0 bridgehead atoms. The minimum Gasteiger partial charge on any atom is -0.486 e. The minimum absolute atomic E-state index is 0.0417. The van der Waals surface area contributed by atoms with Gasteiger partial charge in [-0.05, 0) is 30.5 Å². The Kier molecular flexibility index (Phi) is 4.79. The lowest BCUT2D eigenvalue weighted by Gasteiger charge is -2.33. The van der Waals surface area contributed by atoms with Crippen molar-refractivity contribution >= 4 is 5.82 Å². The number of anilines is 1. The van der Waals surface area contributed by atoms with Crippen LogP contribution in [0.3, 0.4) is 0 Å². The molecule has 0 saturated carbocycles. The molecule has 1 saturated heterocycles. The van der Waals surface area contributed by atoms with Gasteiger partial charge in [-0.1, -0.05) is 6.07 Å². The molecule has 0 aliphatic carbocycles. The summed E-state index contributed by atoms with van der Waals surface area (Å²) in [7, 11) is 1.76. The van der Waals surface area contributed by atoms with Crippen LogP contribution in [0.2, 0.25) is 0 Å². The van der Waals surface area contributed by atoms with Gasteiger partial charge in [0.15, 0.2) is 17.3 Å². The molecule has 1 fully saturated rings. The minimum atomic E-state index is -0.0417. The Bertz CT molecular complexity index is 836. The summed E-state index contributed by atoms with van der Waals surface area (Å²) in [6.45, 7) is 3.62. The predicted molar refractivity (Wildman–Crippen MR) is 99.0 cm³/mol. The fourth-order valence-electron chi connectivity index (χ4n) is 3.50. The quantitative estimate of drug-likeness (QED) is 0.891. The molecular weight excluding hydrogens is 332 g/mol. The Morgan fingerprint density at radius 1 is 1.27 bits per heavy atom. The molecule has 138 valence electrons. The molecule has 1 atom stereocenters. The normalized spacial score (nSPS) is 19.4. The number of benzene rings is 1. The molecule has 1 aromatic heterocycles. The zero-order chi connectivity index (χ0) is 17.9. The second-order valence-electron chi connectivity index (χ2n) is 6.81. The number of rotatable bonds is 4. The maximum Gasteiger partial charge on any atom is 0.293 e. The monoisotopic (exact) mass is 356 g/mol. The maximum absolute atomic E-state index is 12.3. The molecule has 2 aliphatic heterocycles. The van der Waals surface area contributed by atoms with Crippen LogP contribution in [-0.2, 0) is 13.6 Å². The van der Waals surface area contributed by atoms with Gasteiger partial charge in [0.05, 0.1) is 0 Å². The van der Waals surface area contributed by atoms with E-state index in [0.717, 1.165) is 44.0 Å². The lowest BCUT2D eigenvalue weighted by molar-refractivity contribution is 0.171. The summed E-state index contributed by atoms with van der Waals surface area (Å²) in [5, 5.41) is 3.60. The van der Waals surface area contributed by atoms with Crippen molar-refractivity contribution in [2.24, 2.45) is 7.05 Å². The first kappa shape index (κ1) is 16.9. The summed E-state index contributed by atoms with van der Waals surface area (Å²) in [6.07, 6.45) is 5.50. The number of nitrogens with one attached hydrogen (secondary N) is 1. The standard InChI is InChI=1S/C19H24N4O3/c1-22-8-6-20-18(19(22)24)23-7-2-3-15(13-23)21-12-14-4-5-16-17(11-14)26-10-9-25-16/h4-6,8,11,15,21H,2-3,7,9-10,12-13H2,1H3/t15-/m0/s1. The highest BCUT2D eigenvalue weighted by Gasteiger charge is 2.23. The zero-order valence-corrected chi connectivity index (χ0v) is 15.0. The summed E-state index contributed by atoms with van der Waals surface area (Å²) >= 11 is 0. The number of aryl methyl sites for hydroxylation is 1. The lowest BCUT2D eigenvalue weighted by Crippen LogP contribution is -2.47. The van der Waals surface area contributed by atoms with Gasteiger partial charge in [-0.3, -0.25) is 4.79 Å². The van der Waals surface area contributed by atoms with E-state index in [1.165, 1.54) is 5.56 Å². The van der Waals surface area contributed by atoms with Crippen molar-refractivity contribution in [1.82, 2.24) is 14.9 Å². The first-order valence-electron chi connectivity index (χ1n) is 9.09. The van der Waals surface area contributed by atoms with Gasteiger partial charge in [-0.25, -0.2) is 4.98 Å². The zero-order valence-electron chi connectivity index (χ0n) is 15.0. The van der Waals surface area contributed by atoms with Crippen LogP contribution in [-0.4, -0.2) is 41.9 Å². The first-order valence-corrected chi connectivity index (χ1v) is 9.09. The number of piperidine rings is 1. The van der Waals surface area contributed by atoms with E-state index in [-0.39, 0.29) is 5.56 Å². The Morgan fingerprint density at radius 3 is 3.00 bits per heavy atom. The van der Waals surface area contributed by atoms with E-state index in [1.807, 2.05) is 12.1 Å². The molecule has 4 rings (SSSR count). The third kappa shape index (κ3) is 3.53. The smallest absolute Gasteiger partial charge is 0.293 e. The summed E-state index contributed by atoms with van der Waals surface area (Å²) in [4.78, 5) is 18.7. The molecule has 1 N–H and O–H groups in total. The van der Waals surface area contributed by atoms with Crippen LogP contribution < -0.4 is 25.2 Å². The van der Waals surface area contributed by atoms with Crippen molar-refractivity contribution in [3.05, 3.63) is 46.5 Å². The van der Waals surface area contributed by atoms with Gasteiger partial charge in [-0.2, -0.15) is 0 Å². The van der Waals surface area contributed by atoms with Crippen molar-refractivity contribution < 1.29 is 9.47 Å². The first-order chi connectivity index (χ1) is 12.7. The number of fused-ring (bicyclic) bond motifs is 1. The van der Waals surface area contributed by atoms with Gasteiger partial charge in [0.25, 0.3) is 5.56 Å². The number of aromatic nitrogens is 2. The van der Waals surface area contributed by atoms with E-state index in [0.29, 0.717) is 25.1 Å². The largest absolute Gasteiger partial charge is 0.486 e. The summed E-state index contributed by atoms with van der Waals surface area (Å²) in [6, 6.07) is 6.39. The molecule has 7 nitrogen and oxygen atoms in total. The number of nitrogens with zero attached hydrogens (tertiary/aromatic N) is 3. The van der Waals surface area contributed by atoms with Gasteiger partial charge < -0.3 is 24.3 Å². The molecule has 0 unspecified atom stereocenters. The van der Waals surface area contributed by atoms with Crippen LogP contribution in [0.15, 0.2) is 35.4 Å². The van der Waals surface area contributed by atoms with E-state index >= 15 is 0 Å². The van der Waals surface area contributed by atoms with Crippen molar-refractivity contribution in [3.63, 3.8) is 0 Å². The second-order valence-corrected chi connectivity index (χ2v) is 6.81. The molecule has 3 heterocycles. The number of hydrogen-bond donors (Lipinski definition) is 1. The molecule has 7 heteroatoms. The van der Waals surface area contributed by atoms with Crippen LogP contribution in [0.25, 0.3) is 0 Å². The molecule has 1 aromatic carbocycles. The fraction of sp³-hybridized carbons (Fsp3) is 0.474. The predicted octanol–water partition coefficient (Wildman–Crippen LogP) is 1.31. The van der Waals surface area contributed by atoms with E-state index in [2.05, 4.69) is 21.3 Å². The highest BCUT2D eigenvalue weighted by atomic mass is 16.6. The Balaban J connectivity index is 1.39. The van der Waals surface area contributed by atoms with E-state index in [1.54, 1.807) is 24.0 Å². The summed E-state index contributed by atoms with van der Waals surface area (Å²) < 4.78 is 12.8. The molecule has 0 amide bonds. The average Bonchev–Trinajstić information content (AvgIpc) is 2.68. The maximum atomic E-state index is 12.3. The van der Waals surface area contributed by atoms with Crippen LogP contribution in [0.4, 0.5) is 5.82 Å². The average molecular weight is 356 g/mol. The van der Waals surface area contributed by atoms with Crippen molar-refractivity contribution in [2.45, 2.75) is 25.4 Å². The summed E-state index contributed by atoms with van der Waals surface area (Å²) in [5.74, 6) is 2.17. The third-order valence-corrected chi connectivity index (χ3v) is 4.92. The number of ether oxygens (including phenoxy) is 2. The molecule has 26 heavy (non-hydrogen) atoms. The molecule has 0 radical (unpaired) electrons. The summed E-state index contributed by atoms with van der Waals surface area (Å²) in [5.41, 5.74) is 1.13. The van der Waals surface area contributed by atoms with E-state index in [4.69, 9.17) is 9.47 Å². The second kappa shape index (κ2) is 7.37. The molecule has 0 spiro atoms. The molecular formula is C19H24N4O3. The van der Waals surface area contributed by atoms with Gasteiger partial charge >= 0.3 is 0 Å². The van der Waals surface area contributed by atoms with Crippen molar-refractivity contribution in [2.75, 3.05) is 31.2 Å². The fourth-order valence-corrected chi connectivity index (χ4v) is 3.50. The van der Waals surface area contributed by atoms with Gasteiger partial charge in [0, 0.05) is 45.1 Å². The Hall–Kier alpha value is -2.54. The third-order valence-electron chi connectivity index (χ3n) is 4.92. The SMILES string of the molecule is Cn1ccnc(N2CCC[C@H](NCc3ccc4c(c3)OCCO4)C2)c1=O. The highest BCUT2D eigenvalue weighted by Crippen LogP contribution is 2.30. The van der Waals surface area contributed by atoms with Crippen LogP contribution in [0.1, 0.15) is 18.4 Å². The molecule has 2 aromatic rings. The molecule has 2 aliphatic rings.